The summed E-state index contributed by atoms with van der Waals surface area (Å²) in [5.41, 5.74) is 0. The van der Waals surface area contributed by atoms with Crippen LogP contribution in [0.4, 0.5) is 13.2 Å². The molecule has 0 radical (unpaired) electrons. The van der Waals surface area contributed by atoms with Gasteiger partial charge in [0, 0.05) is 38.8 Å². The fraction of sp³-hybridized carbons (Fsp3) is 1.00. The highest BCUT2D eigenvalue weighted by Crippen LogP contribution is 2.13. The van der Waals surface area contributed by atoms with E-state index in [0.29, 0.717) is 26.2 Å². The molecule has 0 amide bonds. The highest BCUT2D eigenvalue weighted by molar-refractivity contribution is 7.88. The first-order valence-electron chi connectivity index (χ1n) is 6.06. The maximum absolute atomic E-state index is 12.0. The van der Waals surface area contributed by atoms with Crippen LogP contribution >= 0.6 is 0 Å². The molecule has 1 saturated heterocycles. The Bertz CT molecular complexity index is 378. The molecule has 5 nitrogen and oxygen atoms in total. The van der Waals surface area contributed by atoms with Crippen molar-refractivity contribution in [3.63, 3.8) is 0 Å². The molecule has 1 heterocycles. The molecule has 1 rings (SSSR count). The van der Waals surface area contributed by atoms with Gasteiger partial charge in [0.15, 0.2) is 0 Å². The molecule has 0 bridgehead atoms. The Morgan fingerprint density at radius 2 is 1.74 bits per heavy atom. The van der Waals surface area contributed by atoms with Crippen molar-refractivity contribution in [1.82, 2.24) is 14.5 Å². The van der Waals surface area contributed by atoms with E-state index in [0.717, 1.165) is 6.26 Å². The van der Waals surface area contributed by atoms with Crippen molar-refractivity contribution >= 4 is 10.0 Å². The van der Waals surface area contributed by atoms with E-state index in [4.69, 9.17) is 0 Å². The van der Waals surface area contributed by atoms with Crippen LogP contribution in [0.5, 0.6) is 0 Å². The maximum atomic E-state index is 12.0. The SMILES string of the molecule is CC(CNCC(F)(F)F)N1CCN(S(C)(=O)=O)CC1. The topological polar surface area (TPSA) is 52.6 Å². The zero-order valence-electron chi connectivity index (χ0n) is 11.1. The standard InChI is InChI=1S/C10H20F3N3O2S/c1-9(7-14-8-10(11,12)13)15-3-5-16(6-4-15)19(2,17)18/h9,14H,3-8H2,1-2H3. The summed E-state index contributed by atoms with van der Waals surface area (Å²) in [4.78, 5) is 1.99. The predicted molar refractivity (Wildman–Crippen MR) is 66.4 cm³/mol. The lowest BCUT2D eigenvalue weighted by Gasteiger charge is -2.37. The molecule has 1 aliphatic rings. The fourth-order valence-corrected chi connectivity index (χ4v) is 2.85. The molecular formula is C10H20F3N3O2S. The molecule has 1 fully saturated rings. The van der Waals surface area contributed by atoms with Gasteiger partial charge in [-0.05, 0) is 6.92 Å². The molecule has 0 aromatic heterocycles. The van der Waals surface area contributed by atoms with Crippen molar-refractivity contribution in [3.8, 4) is 0 Å². The lowest BCUT2D eigenvalue weighted by atomic mass is 10.2. The van der Waals surface area contributed by atoms with E-state index in [-0.39, 0.29) is 12.6 Å². The Hall–Kier alpha value is -0.380. The molecule has 0 spiro atoms. The van der Waals surface area contributed by atoms with Crippen LogP contribution in [0.2, 0.25) is 0 Å². The molecule has 9 heteroatoms. The van der Waals surface area contributed by atoms with E-state index in [9.17, 15) is 21.6 Å². The van der Waals surface area contributed by atoms with Crippen molar-refractivity contribution in [3.05, 3.63) is 0 Å². The summed E-state index contributed by atoms with van der Waals surface area (Å²) in [5, 5.41) is 2.37. The average Bonchev–Trinajstić information content (AvgIpc) is 2.26. The second kappa shape index (κ2) is 6.38. The fourth-order valence-electron chi connectivity index (χ4n) is 2.03. The Morgan fingerprint density at radius 1 is 1.21 bits per heavy atom. The number of hydrogen-bond acceptors (Lipinski definition) is 4. The first-order chi connectivity index (χ1) is 8.59. The largest absolute Gasteiger partial charge is 0.401 e. The highest BCUT2D eigenvalue weighted by atomic mass is 32.2. The number of rotatable bonds is 5. The van der Waals surface area contributed by atoms with Gasteiger partial charge in [-0.1, -0.05) is 0 Å². The van der Waals surface area contributed by atoms with Gasteiger partial charge in [0.05, 0.1) is 12.8 Å². The van der Waals surface area contributed by atoms with Crippen LogP contribution in [0.1, 0.15) is 6.92 Å². The summed E-state index contributed by atoms with van der Waals surface area (Å²) in [6.45, 7) is 2.94. The van der Waals surface area contributed by atoms with E-state index < -0.39 is 22.7 Å². The predicted octanol–water partition coefficient (Wildman–Crippen LogP) is 0.104. The summed E-state index contributed by atoms with van der Waals surface area (Å²) >= 11 is 0. The molecule has 1 unspecified atom stereocenters. The van der Waals surface area contributed by atoms with Crippen LogP contribution in [-0.2, 0) is 10.0 Å². The Labute approximate surface area is 111 Å². The van der Waals surface area contributed by atoms with Crippen molar-refractivity contribution in [1.29, 1.82) is 0 Å². The number of halogens is 3. The van der Waals surface area contributed by atoms with Gasteiger partial charge in [-0.2, -0.15) is 17.5 Å². The third kappa shape index (κ3) is 6.07. The van der Waals surface area contributed by atoms with E-state index in [1.807, 2.05) is 11.8 Å². The van der Waals surface area contributed by atoms with Gasteiger partial charge in [0.2, 0.25) is 10.0 Å². The lowest BCUT2D eigenvalue weighted by molar-refractivity contribution is -0.125. The van der Waals surface area contributed by atoms with Gasteiger partial charge in [0.25, 0.3) is 0 Å². The summed E-state index contributed by atoms with van der Waals surface area (Å²) in [7, 11) is -3.17. The number of hydrogen-bond donors (Lipinski definition) is 1. The normalized spacial score (nSPS) is 21.5. The quantitative estimate of drug-likeness (QED) is 0.783. The van der Waals surface area contributed by atoms with E-state index in [1.165, 1.54) is 4.31 Å². The van der Waals surface area contributed by atoms with Crippen LogP contribution in [0.15, 0.2) is 0 Å². The van der Waals surface area contributed by atoms with Crippen LogP contribution in [0, 0.1) is 0 Å². The minimum Gasteiger partial charge on any atom is -0.307 e. The third-order valence-corrected chi connectivity index (χ3v) is 4.43. The van der Waals surface area contributed by atoms with Crippen LogP contribution in [0.3, 0.4) is 0 Å². The molecule has 19 heavy (non-hydrogen) atoms. The zero-order valence-corrected chi connectivity index (χ0v) is 11.9. The Morgan fingerprint density at radius 3 is 2.16 bits per heavy atom. The van der Waals surface area contributed by atoms with Crippen molar-refractivity contribution < 1.29 is 21.6 Å². The van der Waals surface area contributed by atoms with Gasteiger partial charge in [-0.15, -0.1) is 0 Å². The number of sulfonamides is 1. The van der Waals surface area contributed by atoms with Gasteiger partial charge in [-0.25, -0.2) is 8.42 Å². The molecule has 1 N–H and O–H groups in total. The maximum Gasteiger partial charge on any atom is 0.401 e. The lowest BCUT2D eigenvalue weighted by Crippen LogP contribution is -2.53. The molecule has 0 aromatic rings. The second-order valence-electron chi connectivity index (χ2n) is 4.79. The Balaban J connectivity index is 2.31. The molecule has 0 aromatic carbocycles. The average molecular weight is 303 g/mol. The van der Waals surface area contributed by atoms with Gasteiger partial charge in [-0.3, -0.25) is 4.90 Å². The van der Waals surface area contributed by atoms with Crippen molar-refractivity contribution in [2.24, 2.45) is 0 Å². The molecule has 0 aliphatic carbocycles. The van der Waals surface area contributed by atoms with Gasteiger partial charge < -0.3 is 5.32 Å². The molecule has 114 valence electrons. The Kier molecular flexibility index (Phi) is 5.60. The van der Waals surface area contributed by atoms with Gasteiger partial charge >= 0.3 is 6.18 Å². The number of piperazine rings is 1. The number of alkyl halides is 3. The zero-order chi connectivity index (χ0) is 14.7. The van der Waals surface area contributed by atoms with Crippen molar-refractivity contribution in [2.75, 3.05) is 45.5 Å². The van der Waals surface area contributed by atoms with Crippen LogP contribution < -0.4 is 5.32 Å². The summed E-state index contributed by atoms with van der Waals surface area (Å²) in [6, 6.07) is -0.0518. The van der Waals surface area contributed by atoms with E-state index in [2.05, 4.69) is 5.32 Å². The van der Waals surface area contributed by atoms with Crippen molar-refractivity contribution in [2.45, 2.75) is 19.1 Å². The highest BCUT2D eigenvalue weighted by Gasteiger charge is 2.28. The second-order valence-corrected chi connectivity index (χ2v) is 6.78. The summed E-state index contributed by atoms with van der Waals surface area (Å²) < 4.78 is 60.0. The third-order valence-electron chi connectivity index (χ3n) is 3.13. The minimum absolute atomic E-state index is 0.0518. The van der Waals surface area contributed by atoms with E-state index >= 15 is 0 Å². The smallest absolute Gasteiger partial charge is 0.307 e. The summed E-state index contributed by atoms with van der Waals surface area (Å²) in [5.74, 6) is 0. The van der Waals surface area contributed by atoms with Crippen LogP contribution in [-0.4, -0.2) is 75.4 Å². The summed E-state index contributed by atoms with van der Waals surface area (Å²) in [6.07, 6.45) is -3.04. The first kappa shape index (κ1) is 16.7. The van der Waals surface area contributed by atoms with Gasteiger partial charge in [0.1, 0.15) is 0 Å². The molecular weight excluding hydrogens is 283 g/mol. The molecule has 0 saturated carbocycles. The minimum atomic E-state index is -4.20. The van der Waals surface area contributed by atoms with Crippen LogP contribution in [0.25, 0.3) is 0 Å². The number of nitrogens with zero attached hydrogens (tertiary/aromatic N) is 2. The molecule has 1 atom stereocenters. The monoisotopic (exact) mass is 303 g/mol. The molecule has 1 aliphatic heterocycles. The van der Waals surface area contributed by atoms with E-state index in [1.54, 1.807) is 0 Å². The number of nitrogens with one attached hydrogen (secondary N) is 1. The first-order valence-corrected chi connectivity index (χ1v) is 7.91.